The molecule has 0 radical (unpaired) electrons. The maximum absolute atomic E-state index is 12.5. The zero-order valence-corrected chi connectivity index (χ0v) is 23.7. The van der Waals surface area contributed by atoms with E-state index in [9.17, 15) is 22.8 Å². The van der Waals surface area contributed by atoms with Gasteiger partial charge in [-0.25, -0.2) is 0 Å². The van der Waals surface area contributed by atoms with E-state index >= 15 is 0 Å². The first-order valence-electron chi connectivity index (χ1n) is 14.5. The molecule has 5 atom stereocenters. The number of carbonyl (C=O) groups excluding carboxylic acids is 2. The molecule has 0 amide bonds. The number of hydrogen-bond donors (Lipinski definition) is 0. The smallest absolute Gasteiger partial charge is 0.298 e. The summed E-state index contributed by atoms with van der Waals surface area (Å²) in [4.78, 5) is 27.5. The van der Waals surface area contributed by atoms with E-state index in [-0.39, 0.29) is 11.6 Å². The molecular weight excluding hydrogens is 525 g/mol. The van der Waals surface area contributed by atoms with Crippen molar-refractivity contribution in [3.63, 3.8) is 0 Å². The molecule has 4 fully saturated rings. The number of aryl methyl sites for hydroxylation is 1. The predicted octanol–water partition coefficient (Wildman–Crippen LogP) is 6.35. The summed E-state index contributed by atoms with van der Waals surface area (Å²) in [5, 5.41) is 0. The van der Waals surface area contributed by atoms with E-state index < -0.39 is 11.7 Å². The van der Waals surface area contributed by atoms with E-state index in [1.165, 1.54) is 23.3 Å². The minimum Gasteiger partial charge on any atom is -0.298 e. The summed E-state index contributed by atoms with van der Waals surface area (Å²) in [6.45, 7) is 15.1. The van der Waals surface area contributed by atoms with Gasteiger partial charge in [-0.15, -0.1) is 0 Å². The lowest BCUT2D eigenvalue weighted by atomic mass is 10.1. The van der Waals surface area contributed by atoms with Crippen molar-refractivity contribution in [1.29, 1.82) is 0 Å². The van der Waals surface area contributed by atoms with Crippen LogP contribution in [0, 0.1) is 42.4 Å². The first-order chi connectivity index (χ1) is 19.5. The molecule has 2 aromatic rings. The van der Waals surface area contributed by atoms with Crippen LogP contribution in [0.2, 0.25) is 0 Å². The van der Waals surface area contributed by atoms with Crippen molar-refractivity contribution in [3.8, 4) is 0 Å². The van der Waals surface area contributed by atoms with Crippen molar-refractivity contribution in [1.82, 2.24) is 9.80 Å². The van der Waals surface area contributed by atoms with Gasteiger partial charge in [0.15, 0.2) is 11.6 Å². The highest BCUT2D eigenvalue weighted by Crippen LogP contribution is 2.54. The third-order valence-electron chi connectivity index (χ3n) is 9.44. The Morgan fingerprint density at radius 1 is 0.732 bits per heavy atom. The summed E-state index contributed by atoms with van der Waals surface area (Å²) in [7, 11) is 0. The highest BCUT2D eigenvalue weighted by atomic mass is 19.4. The minimum atomic E-state index is -4.28. The maximum atomic E-state index is 12.5. The molecule has 2 aliphatic heterocycles. The van der Waals surface area contributed by atoms with Gasteiger partial charge in [-0.05, 0) is 77.8 Å². The third-order valence-corrected chi connectivity index (χ3v) is 9.44. The molecule has 3 unspecified atom stereocenters. The fourth-order valence-corrected chi connectivity index (χ4v) is 6.98. The molecule has 2 heterocycles. The molecule has 2 saturated carbocycles. The van der Waals surface area contributed by atoms with Gasteiger partial charge in [0.25, 0.3) is 0 Å². The van der Waals surface area contributed by atoms with E-state index in [1.807, 2.05) is 0 Å². The highest BCUT2D eigenvalue weighted by molar-refractivity contribution is 5.89. The van der Waals surface area contributed by atoms with Crippen molar-refractivity contribution in [2.75, 3.05) is 26.2 Å². The number of likely N-dealkylation sites (tertiary alicyclic amines) is 2. The van der Waals surface area contributed by atoms with Gasteiger partial charge in [0.1, 0.15) is 0 Å². The molecule has 2 aliphatic carbocycles. The van der Waals surface area contributed by atoms with Crippen LogP contribution in [0.25, 0.3) is 0 Å². The largest absolute Gasteiger partial charge is 0.416 e. The molecule has 4 nitrogen and oxygen atoms in total. The molecule has 0 N–H and O–H groups in total. The number of carbonyl (C=O) groups is 2. The molecule has 0 aromatic heterocycles. The predicted molar refractivity (Wildman–Crippen MR) is 154 cm³/mol. The summed E-state index contributed by atoms with van der Waals surface area (Å²) in [6.07, 6.45) is -0.116. The number of hydrogen-bond acceptors (Lipinski definition) is 4. The van der Waals surface area contributed by atoms with Crippen LogP contribution in [0.4, 0.5) is 13.2 Å². The number of nitrogens with zero attached hydrogens (tertiary/aromatic N) is 2. The normalized spacial score (nSPS) is 28.2. The lowest BCUT2D eigenvalue weighted by Gasteiger charge is -2.19. The number of benzene rings is 2. The van der Waals surface area contributed by atoms with Crippen molar-refractivity contribution in [2.45, 2.75) is 39.0 Å². The number of ketones is 2. The maximum Gasteiger partial charge on any atom is 0.416 e. The van der Waals surface area contributed by atoms with E-state index in [0.29, 0.717) is 36.6 Å². The van der Waals surface area contributed by atoms with E-state index in [4.69, 9.17) is 0 Å². The van der Waals surface area contributed by atoms with Gasteiger partial charge < -0.3 is 0 Å². The molecule has 0 bridgehead atoms. The first kappa shape index (κ1) is 29.5. The topological polar surface area (TPSA) is 40.6 Å². The summed E-state index contributed by atoms with van der Waals surface area (Å²) in [5.74, 6) is 4.09. The van der Waals surface area contributed by atoms with Crippen LogP contribution in [-0.4, -0.2) is 47.5 Å². The molecule has 41 heavy (non-hydrogen) atoms. The Morgan fingerprint density at radius 3 is 1.44 bits per heavy atom. The lowest BCUT2D eigenvalue weighted by Crippen LogP contribution is -2.24. The second-order valence-corrected chi connectivity index (χ2v) is 12.3. The average Bonchev–Trinajstić information content (AvgIpc) is 3.58. The van der Waals surface area contributed by atoms with Crippen molar-refractivity contribution < 1.29 is 22.8 Å². The second kappa shape index (κ2) is 12.1. The van der Waals surface area contributed by atoms with E-state index in [1.54, 1.807) is 12.1 Å². The quantitative estimate of drug-likeness (QED) is 0.316. The van der Waals surface area contributed by atoms with Gasteiger partial charge >= 0.3 is 6.18 Å². The average molecular weight is 565 g/mol. The number of allylic oxidation sites excluding steroid dienone is 2. The summed E-state index contributed by atoms with van der Waals surface area (Å²) in [5.41, 5.74) is 3.00. The highest BCUT2D eigenvalue weighted by Gasteiger charge is 2.56. The zero-order valence-electron chi connectivity index (χ0n) is 23.7. The number of fused-ring (bicyclic) bond motifs is 2. The Hall–Kier alpha value is -3.03. The van der Waals surface area contributed by atoms with Crippen LogP contribution in [0.3, 0.4) is 0 Å². The molecule has 2 aromatic carbocycles. The van der Waals surface area contributed by atoms with Gasteiger partial charge in [-0.3, -0.25) is 19.4 Å². The fourth-order valence-electron chi connectivity index (χ4n) is 6.98. The van der Waals surface area contributed by atoms with Gasteiger partial charge in [-0.2, -0.15) is 13.2 Å². The number of rotatable bonds is 10. The fraction of sp³-hybridized carbons (Fsp3) is 0.471. The molecule has 0 spiro atoms. The molecular formula is C34H39F3N2O2. The van der Waals surface area contributed by atoms with Crippen LogP contribution in [0.15, 0.2) is 73.8 Å². The SMILES string of the molecule is C=CC(=O)CC1C2CN(Cc3ccc(C(F)(F)F)cc3)CC12.C=CC(=O)CC1[C@H]2CN(Cc3ccc(C)cc3)C[C@@H]12. The third kappa shape index (κ3) is 7.25. The first-order valence-corrected chi connectivity index (χ1v) is 14.5. The summed E-state index contributed by atoms with van der Waals surface area (Å²) >= 11 is 0. The Labute approximate surface area is 240 Å². The van der Waals surface area contributed by atoms with Crippen molar-refractivity contribution in [3.05, 3.63) is 96.1 Å². The van der Waals surface area contributed by atoms with Crippen LogP contribution < -0.4 is 0 Å². The zero-order chi connectivity index (χ0) is 29.3. The van der Waals surface area contributed by atoms with Gasteiger partial charge in [0.05, 0.1) is 5.56 Å². The van der Waals surface area contributed by atoms with E-state index in [2.05, 4.69) is 54.1 Å². The van der Waals surface area contributed by atoms with Gasteiger partial charge in [-0.1, -0.05) is 55.1 Å². The van der Waals surface area contributed by atoms with Crippen LogP contribution in [-0.2, 0) is 28.9 Å². The molecule has 7 heteroatoms. The Morgan fingerprint density at radius 2 is 1.10 bits per heavy atom. The monoisotopic (exact) mass is 564 g/mol. The molecule has 218 valence electrons. The Balaban J connectivity index is 0.000000166. The van der Waals surface area contributed by atoms with Crippen molar-refractivity contribution in [2.24, 2.45) is 35.5 Å². The second-order valence-electron chi connectivity index (χ2n) is 12.3. The minimum absolute atomic E-state index is 0.105. The van der Waals surface area contributed by atoms with Gasteiger partial charge in [0, 0.05) is 52.1 Å². The summed E-state index contributed by atoms with van der Waals surface area (Å²) < 4.78 is 37.5. The van der Waals surface area contributed by atoms with Crippen LogP contribution in [0.5, 0.6) is 0 Å². The van der Waals surface area contributed by atoms with Gasteiger partial charge in [0.2, 0.25) is 0 Å². The molecule has 4 aliphatic rings. The number of piperidine rings is 2. The molecule has 6 rings (SSSR count). The summed E-state index contributed by atoms with van der Waals surface area (Å²) in [6, 6.07) is 14.2. The van der Waals surface area contributed by atoms with E-state index in [0.717, 1.165) is 68.7 Å². The molecule has 2 saturated heterocycles. The Bertz CT molecular complexity index is 1250. The number of alkyl halides is 3. The lowest BCUT2D eigenvalue weighted by molar-refractivity contribution is -0.137. The standard InChI is InChI=1S/C17H18F3NO.C17H21NO/c1-2-13(22)7-14-15-9-21(10-16(14)15)8-11-3-5-12(6-4-11)17(18,19)20;1-3-14(19)8-15-16-10-18(11-17(15)16)9-13-6-4-12(2)5-7-13/h2-6,14-16H,1,7-10H2;3-7,15-17H,1,8-11H2,2H3/t;15?,16-,17+. The van der Waals surface area contributed by atoms with Crippen LogP contribution >= 0.6 is 0 Å². The van der Waals surface area contributed by atoms with Crippen molar-refractivity contribution >= 4 is 11.6 Å². The van der Waals surface area contributed by atoms with Crippen LogP contribution in [0.1, 0.15) is 35.1 Å². The number of halogens is 3. The Kier molecular flexibility index (Phi) is 8.67.